The smallest absolute Gasteiger partial charge is 0.248 e. The van der Waals surface area contributed by atoms with Gasteiger partial charge in [0.15, 0.2) is 0 Å². The molecule has 1 N–H and O–H groups in total. The van der Waals surface area contributed by atoms with E-state index in [0.717, 1.165) is 21.3 Å². The molecule has 2 rings (SSSR count). The van der Waals surface area contributed by atoms with Crippen molar-refractivity contribution in [2.75, 3.05) is 5.32 Å². The number of carbonyl (C=O) groups excluding carboxylic acids is 1. The van der Waals surface area contributed by atoms with Crippen molar-refractivity contribution < 1.29 is 4.79 Å². The molecule has 0 saturated carbocycles. The Morgan fingerprint density at radius 2 is 1.82 bits per heavy atom. The van der Waals surface area contributed by atoms with Crippen molar-refractivity contribution in [3.05, 3.63) is 69.7 Å². The van der Waals surface area contributed by atoms with E-state index >= 15 is 0 Å². The van der Waals surface area contributed by atoms with Gasteiger partial charge in [-0.3, -0.25) is 4.79 Å². The van der Waals surface area contributed by atoms with E-state index < -0.39 is 0 Å². The molecule has 1 amide bonds. The first-order valence-corrected chi connectivity index (χ1v) is 8.10. The van der Waals surface area contributed by atoms with Crippen LogP contribution in [0.4, 0.5) is 5.69 Å². The Balaban J connectivity index is 2.00. The lowest BCUT2D eigenvalue weighted by atomic mass is 10.0. The molecule has 0 heterocycles. The van der Waals surface area contributed by atoms with Gasteiger partial charge in [-0.1, -0.05) is 54.0 Å². The van der Waals surface area contributed by atoms with Gasteiger partial charge >= 0.3 is 0 Å². The average molecular weight is 358 g/mol. The van der Waals surface area contributed by atoms with Crippen molar-refractivity contribution in [1.82, 2.24) is 0 Å². The Bertz CT molecular complexity index is 687. The average Bonchev–Trinajstić information content (AvgIpc) is 2.49. The summed E-state index contributed by atoms with van der Waals surface area (Å²) < 4.78 is 1.03. The lowest BCUT2D eigenvalue weighted by Gasteiger charge is -2.05. The molecule has 3 heteroatoms. The molecule has 0 spiro atoms. The number of nitrogens with one attached hydrogen (secondary N) is 1. The highest BCUT2D eigenvalue weighted by atomic mass is 79.9. The summed E-state index contributed by atoms with van der Waals surface area (Å²) in [6.45, 7) is 6.32. The van der Waals surface area contributed by atoms with E-state index in [2.05, 4.69) is 47.2 Å². The van der Waals surface area contributed by atoms with E-state index in [4.69, 9.17) is 0 Å². The Morgan fingerprint density at radius 3 is 2.41 bits per heavy atom. The first kappa shape index (κ1) is 16.5. The lowest BCUT2D eigenvalue weighted by Crippen LogP contribution is -2.07. The van der Waals surface area contributed by atoms with Crippen LogP contribution in [0.15, 0.2) is 53.0 Å². The summed E-state index contributed by atoms with van der Waals surface area (Å²) in [5, 5.41) is 2.86. The minimum Gasteiger partial charge on any atom is -0.323 e. The van der Waals surface area contributed by atoms with Crippen LogP contribution in [0.25, 0.3) is 6.08 Å². The van der Waals surface area contributed by atoms with Gasteiger partial charge in [0.2, 0.25) is 5.91 Å². The fraction of sp³-hybridized carbons (Fsp3) is 0.211. The molecule has 2 nitrogen and oxygen atoms in total. The molecule has 0 bridgehead atoms. The van der Waals surface area contributed by atoms with Crippen LogP contribution >= 0.6 is 15.9 Å². The van der Waals surface area contributed by atoms with Crippen molar-refractivity contribution in [1.29, 1.82) is 0 Å². The summed E-state index contributed by atoms with van der Waals surface area (Å²) in [7, 11) is 0. The summed E-state index contributed by atoms with van der Waals surface area (Å²) >= 11 is 3.45. The van der Waals surface area contributed by atoms with Crippen LogP contribution in [0.5, 0.6) is 0 Å². The second-order valence-electron chi connectivity index (χ2n) is 5.61. The quantitative estimate of drug-likeness (QED) is 0.715. The molecule has 0 radical (unpaired) electrons. The highest BCUT2D eigenvalue weighted by Crippen LogP contribution is 2.20. The number of aryl methyl sites for hydroxylation is 1. The van der Waals surface area contributed by atoms with Gasteiger partial charge in [-0.2, -0.15) is 0 Å². The maximum absolute atomic E-state index is 11.9. The highest BCUT2D eigenvalue weighted by molar-refractivity contribution is 9.10. The van der Waals surface area contributed by atoms with E-state index in [1.54, 1.807) is 6.08 Å². The van der Waals surface area contributed by atoms with Crippen LogP contribution in [0, 0.1) is 6.92 Å². The molecule has 0 aliphatic heterocycles. The largest absolute Gasteiger partial charge is 0.323 e. The van der Waals surface area contributed by atoms with Gasteiger partial charge in [-0.15, -0.1) is 0 Å². The van der Waals surface area contributed by atoms with E-state index in [0.29, 0.717) is 5.92 Å². The summed E-state index contributed by atoms with van der Waals surface area (Å²) in [4.78, 5) is 11.9. The number of carbonyl (C=O) groups is 1. The minimum absolute atomic E-state index is 0.130. The van der Waals surface area contributed by atoms with Crippen LogP contribution in [-0.4, -0.2) is 5.91 Å². The molecular formula is C19H20BrNO. The molecule has 114 valence electrons. The second-order valence-corrected chi connectivity index (χ2v) is 6.46. The van der Waals surface area contributed by atoms with Crippen molar-refractivity contribution in [2.45, 2.75) is 26.7 Å². The Labute approximate surface area is 140 Å². The Kier molecular flexibility index (Phi) is 5.56. The zero-order chi connectivity index (χ0) is 16.1. The van der Waals surface area contributed by atoms with Gasteiger partial charge in [0.25, 0.3) is 0 Å². The predicted octanol–water partition coefficient (Wildman–Crippen LogP) is 5.53. The van der Waals surface area contributed by atoms with Gasteiger partial charge < -0.3 is 5.32 Å². The summed E-state index contributed by atoms with van der Waals surface area (Å²) in [6.07, 6.45) is 3.38. The van der Waals surface area contributed by atoms with Gasteiger partial charge in [0.05, 0.1) is 0 Å². The maximum atomic E-state index is 11.9. The third-order valence-corrected chi connectivity index (χ3v) is 4.35. The minimum atomic E-state index is -0.130. The zero-order valence-electron chi connectivity index (χ0n) is 13.1. The number of amides is 1. The standard InChI is InChI=1S/C19H20BrNO/c1-13(2)16-7-4-15(5-8-16)6-11-19(22)21-17-9-10-18(20)14(3)12-17/h4-13H,1-3H3,(H,21,22)/b11-6+. The van der Waals surface area contributed by atoms with Crippen molar-refractivity contribution >= 4 is 33.6 Å². The predicted molar refractivity (Wildman–Crippen MR) is 97.1 cm³/mol. The molecular weight excluding hydrogens is 338 g/mol. The number of rotatable bonds is 4. The zero-order valence-corrected chi connectivity index (χ0v) is 14.6. The lowest BCUT2D eigenvalue weighted by molar-refractivity contribution is -0.111. The topological polar surface area (TPSA) is 29.1 Å². The molecule has 0 aromatic heterocycles. The molecule has 2 aromatic carbocycles. The number of hydrogen-bond acceptors (Lipinski definition) is 1. The first-order chi connectivity index (χ1) is 10.5. The van der Waals surface area contributed by atoms with E-state index in [1.807, 2.05) is 43.3 Å². The van der Waals surface area contributed by atoms with Crippen molar-refractivity contribution in [3.63, 3.8) is 0 Å². The van der Waals surface area contributed by atoms with E-state index in [1.165, 1.54) is 5.56 Å². The molecule has 0 aliphatic rings. The molecule has 2 aromatic rings. The molecule has 22 heavy (non-hydrogen) atoms. The molecule has 0 atom stereocenters. The van der Waals surface area contributed by atoms with Crippen LogP contribution in [0.1, 0.15) is 36.5 Å². The Hall–Kier alpha value is -1.87. The number of benzene rings is 2. The SMILES string of the molecule is Cc1cc(NC(=O)/C=C/c2ccc(C(C)C)cc2)ccc1Br. The summed E-state index contributed by atoms with van der Waals surface area (Å²) in [5.41, 5.74) is 4.20. The number of halogens is 1. The molecule has 0 saturated heterocycles. The van der Waals surface area contributed by atoms with Crippen LogP contribution in [0.3, 0.4) is 0 Å². The third kappa shape index (κ3) is 4.57. The first-order valence-electron chi connectivity index (χ1n) is 7.31. The van der Waals surface area contributed by atoms with Crippen LogP contribution < -0.4 is 5.32 Å². The number of hydrogen-bond donors (Lipinski definition) is 1. The van der Waals surface area contributed by atoms with Crippen LogP contribution in [-0.2, 0) is 4.79 Å². The molecule has 0 unspecified atom stereocenters. The van der Waals surface area contributed by atoms with E-state index in [-0.39, 0.29) is 5.91 Å². The highest BCUT2D eigenvalue weighted by Gasteiger charge is 2.01. The molecule has 0 aliphatic carbocycles. The second kappa shape index (κ2) is 7.41. The summed E-state index contributed by atoms with van der Waals surface area (Å²) in [5.74, 6) is 0.386. The fourth-order valence-electron chi connectivity index (χ4n) is 2.07. The number of anilines is 1. The van der Waals surface area contributed by atoms with Gasteiger partial charge in [0.1, 0.15) is 0 Å². The molecule has 0 fully saturated rings. The van der Waals surface area contributed by atoms with Crippen LogP contribution in [0.2, 0.25) is 0 Å². The Morgan fingerprint density at radius 1 is 1.14 bits per heavy atom. The summed E-state index contributed by atoms with van der Waals surface area (Å²) in [6, 6.07) is 14.0. The monoisotopic (exact) mass is 357 g/mol. The van der Waals surface area contributed by atoms with Gasteiger partial charge in [-0.25, -0.2) is 0 Å². The van der Waals surface area contributed by atoms with Crippen molar-refractivity contribution in [3.8, 4) is 0 Å². The maximum Gasteiger partial charge on any atom is 0.248 e. The fourth-order valence-corrected chi connectivity index (χ4v) is 2.32. The van der Waals surface area contributed by atoms with E-state index in [9.17, 15) is 4.79 Å². The van der Waals surface area contributed by atoms with Gasteiger partial charge in [-0.05, 0) is 53.8 Å². The van der Waals surface area contributed by atoms with Gasteiger partial charge in [0, 0.05) is 16.2 Å². The van der Waals surface area contributed by atoms with Crippen molar-refractivity contribution in [2.24, 2.45) is 0 Å². The normalized spacial score (nSPS) is 11.1. The third-order valence-electron chi connectivity index (χ3n) is 3.46.